The van der Waals surface area contributed by atoms with E-state index in [0.29, 0.717) is 6.04 Å². The molecule has 1 saturated heterocycles. The van der Waals surface area contributed by atoms with Gasteiger partial charge in [0.25, 0.3) is 0 Å². The van der Waals surface area contributed by atoms with Crippen molar-refractivity contribution in [3.05, 3.63) is 18.0 Å². The van der Waals surface area contributed by atoms with Crippen molar-refractivity contribution in [1.29, 1.82) is 0 Å². The van der Waals surface area contributed by atoms with E-state index in [9.17, 15) is 0 Å². The lowest BCUT2D eigenvalue weighted by molar-refractivity contribution is 0.323. The second-order valence-corrected chi connectivity index (χ2v) is 7.28. The highest BCUT2D eigenvalue weighted by atomic mass is 15.4. The monoisotopic (exact) mass is 313 g/mol. The molecule has 1 aliphatic heterocycles. The molecule has 3 heterocycles. The zero-order chi connectivity index (χ0) is 15.6. The molecular weight excluding hydrogens is 286 g/mol. The van der Waals surface area contributed by atoms with Gasteiger partial charge in [0.1, 0.15) is 5.82 Å². The minimum atomic E-state index is 0.665. The molecule has 2 fully saturated rings. The van der Waals surface area contributed by atoms with E-state index >= 15 is 0 Å². The quantitative estimate of drug-likeness (QED) is 0.862. The fourth-order valence-electron chi connectivity index (χ4n) is 4.38. The first-order chi connectivity index (χ1) is 11.3. The maximum Gasteiger partial charge on any atom is 0.178 e. The van der Waals surface area contributed by atoms with Crippen molar-refractivity contribution < 1.29 is 0 Å². The van der Waals surface area contributed by atoms with E-state index in [-0.39, 0.29) is 0 Å². The molecule has 0 amide bonds. The Labute approximate surface area is 138 Å². The highest BCUT2D eigenvalue weighted by Crippen LogP contribution is 2.32. The number of hydrogen-bond acceptors (Lipinski definition) is 4. The van der Waals surface area contributed by atoms with Crippen molar-refractivity contribution in [2.45, 2.75) is 70.8 Å². The molecule has 23 heavy (non-hydrogen) atoms. The summed E-state index contributed by atoms with van der Waals surface area (Å²) in [5.41, 5.74) is 0.837. The van der Waals surface area contributed by atoms with E-state index in [1.54, 1.807) is 0 Å². The first-order valence-corrected chi connectivity index (χ1v) is 9.27. The molecule has 4 rings (SSSR count). The lowest BCUT2D eigenvalue weighted by Crippen LogP contribution is -2.31. The lowest BCUT2D eigenvalue weighted by Gasteiger charge is -2.28. The van der Waals surface area contributed by atoms with E-state index in [4.69, 9.17) is 5.10 Å². The number of nitrogens with zero attached hydrogens (tertiary/aromatic N) is 5. The summed E-state index contributed by atoms with van der Waals surface area (Å²) in [6.07, 6.45) is 12.6. The van der Waals surface area contributed by atoms with Crippen LogP contribution in [-0.2, 0) is 0 Å². The Morgan fingerprint density at radius 1 is 1.00 bits per heavy atom. The summed E-state index contributed by atoms with van der Waals surface area (Å²) in [5.74, 6) is 2.92. The summed E-state index contributed by atoms with van der Waals surface area (Å²) >= 11 is 0. The maximum atomic E-state index is 4.78. The summed E-state index contributed by atoms with van der Waals surface area (Å²) in [6, 6.07) is 4.82. The van der Waals surface area contributed by atoms with Crippen molar-refractivity contribution in [2.75, 3.05) is 11.4 Å². The van der Waals surface area contributed by atoms with Crippen molar-refractivity contribution in [2.24, 2.45) is 5.92 Å². The maximum absolute atomic E-state index is 4.78. The third-order valence-corrected chi connectivity index (χ3v) is 5.71. The second-order valence-electron chi connectivity index (χ2n) is 7.28. The van der Waals surface area contributed by atoms with Crippen LogP contribution >= 0.6 is 0 Å². The smallest absolute Gasteiger partial charge is 0.178 e. The largest absolute Gasteiger partial charge is 0.352 e. The molecular formula is C18H27N5. The number of aromatic nitrogens is 4. The number of aryl methyl sites for hydroxylation is 1. The van der Waals surface area contributed by atoms with Crippen molar-refractivity contribution in [3.8, 4) is 0 Å². The SMILES string of the molecule is Cc1nnc2ccc(N3CCCC3CCC3CCCCC3)nn12. The molecule has 0 radical (unpaired) electrons. The normalized spacial score (nSPS) is 23.0. The number of anilines is 1. The lowest BCUT2D eigenvalue weighted by atomic mass is 9.85. The van der Waals surface area contributed by atoms with Crippen LogP contribution in [0.15, 0.2) is 12.1 Å². The first-order valence-electron chi connectivity index (χ1n) is 9.27. The van der Waals surface area contributed by atoms with E-state index in [2.05, 4.69) is 21.2 Å². The molecule has 1 aliphatic carbocycles. The molecule has 5 heteroatoms. The Morgan fingerprint density at radius 3 is 2.74 bits per heavy atom. The molecule has 2 aromatic rings. The summed E-state index contributed by atoms with van der Waals surface area (Å²) in [6.45, 7) is 3.09. The Bertz CT molecular complexity index is 658. The summed E-state index contributed by atoms with van der Waals surface area (Å²) < 4.78 is 1.87. The van der Waals surface area contributed by atoms with Gasteiger partial charge in [0.15, 0.2) is 11.5 Å². The van der Waals surface area contributed by atoms with Gasteiger partial charge in [-0.15, -0.1) is 15.3 Å². The predicted molar refractivity (Wildman–Crippen MR) is 91.7 cm³/mol. The van der Waals surface area contributed by atoms with Gasteiger partial charge in [-0.3, -0.25) is 0 Å². The van der Waals surface area contributed by atoms with Gasteiger partial charge in [0, 0.05) is 12.6 Å². The van der Waals surface area contributed by atoms with Crippen molar-refractivity contribution >= 4 is 11.5 Å². The zero-order valence-corrected chi connectivity index (χ0v) is 14.1. The van der Waals surface area contributed by atoms with Gasteiger partial charge in [-0.25, -0.2) is 0 Å². The molecule has 124 valence electrons. The van der Waals surface area contributed by atoms with Gasteiger partial charge in [-0.1, -0.05) is 32.1 Å². The average Bonchev–Trinajstić information content (AvgIpc) is 3.21. The van der Waals surface area contributed by atoms with Gasteiger partial charge in [0.2, 0.25) is 0 Å². The van der Waals surface area contributed by atoms with Crippen LogP contribution in [0, 0.1) is 12.8 Å². The average molecular weight is 313 g/mol. The number of fused-ring (bicyclic) bond motifs is 1. The minimum absolute atomic E-state index is 0.665. The summed E-state index contributed by atoms with van der Waals surface area (Å²) in [4.78, 5) is 2.52. The van der Waals surface area contributed by atoms with Gasteiger partial charge in [0.05, 0.1) is 0 Å². The summed E-state index contributed by atoms with van der Waals surface area (Å²) in [7, 11) is 0. The van der Waals surface area contributed by atoms with Crippen LogP contribution < -0.4 is 4.90 Å². The molecule has 0 bridgehead atoms. The molecule has 5 nitrogen and oxygen atoms in total. The van der Waals surface area contributed by atoms with Crippen molar-refractivity contribution in [1.82, 2.24) is 19.8 Å². The van der Waals surface area contributed by atoms with Crippen LogP contribution in [0.2, 0.25) is 0 Å². The molecule has 2 aliphatic rings. The molecule has 2 aromatic heterocycles. The standard InChI is InChI=1S/C18H27N5/c1-14-19-20-17-11-12-18(21-23(14)17)22-13-5-8-16(22)10-9-15-6-3-2-4-7-15/h11-12,15-16H,2-10,13H2,1H3. The Morgan fingerprint density at radius 2 is 1.87 bits per heavy atom. The van der Waals surface area contributed by atoms with Crippen molar-refractivity contribution in [3.63, 3.8) is 0 Å². The van der Waals surface area contributed by atoms with Gasteiger partial charge in [-0.2, -0.15) is 4.52 Å². The topological polar surface area (TPSA) is 46.3 Å². The highest BCUT2D eigenvalue weighted by molar-refractivity contribution is 5.47. The van der Waals surface area contributed by atoms with Gasteiger partial charge < -0.3 is 4.90 Å². The molecule has 0 aromatic carbocycles. The molecule has 1 atom stereocenters. The fraction of sp³-hybridized carbons (Fsp3) is 0.722. The number of hydrogen-bond donors (Lipinski definition) is 0. The third-order valence-electron chi connectivity index (χ3n) is 5.71. The Hall–Kier alpha value is -1.65. The Balaban J connectivity index is 1.46. The molecule has 0 N–H and O–H groups in total. The van der Waals surface area contributed by atoms with E-state index in [1.165, 1.54) is 57.8 Å². The van der Waals surface area contributed by atoms with Crippen LogP contribution in [-0.4, -0.2) is 32.4 Å². The predicted octanol–water partition coefficient (Wildman–Crippen LogP) is 3.76. The number of rotatable bonds is 4. The second kappa shape index (κ2) is 6.46. The van der Waals surface area contributed by atoms with Gasteiger partial charge in [-0.05, 0) is 50.7 Å². The summed E-state index contributed by atoms with van der Waals surface area (Å²) in [5, 5.41) is 13.0. The molecule has 1 saturated carbocycles. The van der Waals surface area contributed by atoms with E-state index in [0.717, 1.165) is 29.8 Å². The molecule has 1 unspecified atom stereocenters. The molecule has 0 spiro atoms. The van der Waals surface area contributed by atoms with E-state index < -0.39 is 0 Å². The van der Waals surface area contributed by atoms with E-state index in [1.807, 2.05) is 17.5 Å². The zero-order valence-electron chi connectivity index (χ0n) is 14.1. The van der Waals surface area contributed by atoms with Crippen LogP contribution in [0.1, 0.15) is 63.6 Å². The van der Waals surface area contributed by atoms with Crippen LogP contribution in [0.25, 0.3) is 5.65 Å². The third kappa shape index (κ3) is 3.06. The Kier molecular flexibility index (Phi) is 4.19. The fourth-order valence-corrected chi connectivity index (χ4v) is 4.38. The van der Waals surface area contributed by atoms with Crippen LogP contribution in [0.3, 0.4) is 0 Å². The van der Waals surface area contributed by atoms with Gasteiger partial charge >= 0.3 is 0 Å². The highest BCUT2D eigenvalue weighted by Gasteiger charge is 2.27. The first kappa shape index (κ1) is 14.9. The van der Waals surface area contributed by atoms with Crippen LogP contribution in [0.5, 0.6) is 0 Å². The van der Waals surface area contributed by atoms with Crippen LogP contribution in [0.4, 0.5) is 5.82 Å². The minimum Gasteiger partial charge on any atom is -0.352 e.